The maximum absolute atomic E-state index is 13.1. The van der Waals surface area contributed by atoms with Crippen LogP contribution in [0, 0.1) is 13.8 Å². The van der Waals surface area contributed by atoms with Crippen molar-refractivity contribution in [2.75, 3.05) is 7.11 Å². The third-order valence-electron chi connectivity index (χ3n) is 4.31. The van der Waals surface area contributed by atoms with E-state index in [1.165, 1.54) is 18.4 Å². The second kappa shape index (κ2) is 6.50. The van der Waals surface area contributed by atoms with Gasteiger partial charge in [0.2, 0.25) is 0 Å². The van der Waals surface area contributed by atoms with E-state index in [4.69, 9.17) is 4.74 Å². The number of pyridine rings is 1. The zero-order valence-corrected chi connectivity index (χ0v) is 17.0. The van der Waals surface area contributed by atoms with Crippen molar-refractivity contribution in [3.05, 3.63) is 55.9 Å². The Bertz CT molecular complexity index is 1300. The molecule has 3 heterocycles. The lowest BCUT2D eigenvalue weighted by atomic mass is 10.1. The van der Waals surface area contributed by atoms with Crippen LogP contribution in [0.1, 0.15) is 21.6 Å². The summed E-state index contributed by atoms with van der Waals surface area (Å²) in [7, 11) is 1.29. The number of hydrogen-bond donors (Lipinski definition) is 0. The Kier molecular flexibility index (Phi) is 4.27. The van der Waals surface area contributed by atoms with Crippen LogP contribution in [0.2, 0.25) is 0 Å². The normalized spacial score (nSPS) is 11.3. The number of fused-ring (bicyclic) bond motifs is 3. The van der Waals surface area contributed by atoms with Gasteiger partial charge in [-0.05, 0) is 47.5 Å². The number of thiophene rings is 1. The summed E-state index contributed by atoms with van der Waals surface area (Å²) in [5, 5.41) is 9.17. The number of ether oxygens (including phenoxy) is 1. The standard InChI is InChI=1S/C18H13BrN4O3S/c1-8-12-14-15(27-16(12)20-9(2)13(8)19)17(24)23(22-21-14)11-7-5-4-6-10(11)18(25)26-3/h4-7H,1-3H3. The van der Waals surface area contributed by atoms with Crippen molar-refractivity contribution in [3.8, 4) is 5.69 Å². The molecule has 4 rings (SSSR count). The summed E-state index contributed by atoms with van der Waals surface area (Å²) in [6.45, 7) is 3.85. The van der Waals surface area contributed by atoms with Gasteiger partial charge in [-0.2, -0.15) is 4.68 Å². The summed E-state index contributed by atoms with van der Waals surface area (Å²) in [4.78, 5) is 30.5. The van der Waals surface area contributed by atoms with Gasteiger partial charge in [-0.15, -0.1) is 16.4 Å². The van der Waals surface area contributed by atoms with Gasteiger partial charge in [0.25, 0.3) is 5.56 Å². The summed E-state index contributed by atoms with van der Waals surface area (Å²) in [5.41, 5.74) is 2.53. The molecule has 0 N–H and O–H groups in total. The fourth-order valence-electron chi connectivity index (χ4n) is 2.98. The van der Waals surface area contributed by atoms with Gasteiger partial charge in [-0.3, -0.25) is 4.79 Å². The maximum Gasteiger partial charge on any atom is 0.340 e. The molecule has 27 heavy (non-hydrogen) atoms. The minimum Gasteiger partial charge on any atom is -0.465 e. The molecule has 0 atom stereocenters. The summed E-state index contributed by atoms with van der Waals surface area (Å²) in [6, 6.07) is 6.62. The largest absolute Gasteiger partial charge is 0.465 e. The molecule has 7 nitrogen and oxygen atoms in total. The number of carbonyl (C=O) groups excluding carboxylic acids is 1. The number of methoxy groups -OCH3 is 1. The molecule has 0 bridgehead atoms. The highest BCUT2D eigenvalue weighted by Gasteiger charge is 2.20. The van der Waals surface area contributed by atoms with Crippen molar-refractivity contribution >= 4 is 53.7 Å². The van der Waals surface area contributed by atoms with Crippen LogP contribution in [-0.4, -0.2) is 33.1 Å². The van der Waals surface area contributed by atoms with Crippen molar-refractivity contribution in [2.24, 2.45) is 0 Å². The minimum atomic E-state index is -0.548. The van der Waals surface area contributed by atoms with Gasteiger partial charge in [-0.1, -0.05) is 17.3 Å². The molecule has 0 fully saturated rings. The van der Waals surface area contributed by atoms with E-state index in [-0.39, 0.29) is 11.1 Å². The summed E-state index contributed by atoms with van der Waals surface area (Å²) in [5.74, 6) is -0.548. The predicted octanol–water partition coefficient (Wildman–Crippen LogP) is 3.56. The number of carbonyl (C=O) groups is 1. The average Bonchev–Trinajstić information content (AvgIpc) is 3.05. The molecule has 0 aliphatic carbocycles. The van der Waals surface area contributed by atoms with Crippen LogP contribution in [0.4, 0.5) is 0 Å². The van der Waals surface area contributed by atoms with Crippen LogP contribution in [0.25, 0.3) is 26.1 Å². The van der Waals surface area contributed by atoms with Gasteiger partial charge in [0.15, 0.2) is 0 Å². The molecule has 0 amide bonds. The number of esters is 1. The SMILES string of the molecule is COC(=O)c1ccccc1-n1nnc2c(sc3nc(C)c(Br)c(C)c32)c1=O. The number of rotatable bonds is 2. The zero-order valence-electron chi connectivity index (χ0n) is 14.6. The Labute approximate surface area is 165 Å². The lowest BCUT2D eigenvalue weighted by Crippen LogP contribution is -2.24. The molecule has 0 radical (unpaired) electrons. The monoisotopic (exact) mass is 444 g/mol. The van der Waals surface area contributed by atoms with Crippen molar-refractivity contribution in [1.29, 1.82) is 0 Å². The van der Waals surface area contributed by atoms with E-state index in [9.17, 15) is 9.59 Å². The summed E-state index contributed by atoms with van der Waals surface area (Å²) in [6.07, 6.45) is 0. The van der Waals surface area contributed by atoms with Crippen LogP contribution in [-0.2, 0) is 4.74 Å². The lowest BCUT2D eigenvalue weighted by molar-refractivity contribution is 0.0600. The van der Waals surface area contributed by atoms with Crippen molar-refractivity contribution in [3.63, 3.8) is 0 Å². The second-order valence-electron chi connectivity index (χ2n) is 5.91. The fraction of sp³-hybridized carbons (Fsp3) is 0.167. The Morgan fingerprint density at radius 3 is 2.74 bits per heavy atom. The molecule has 0 aliphatic rings. The number of hydrogen-bond acceptors (Lipinski definition) is 7. The first-order valence-electron chi connectivity index (χ1n) is 7.96. The molecule has 0 saturated carbocycles. The van der Waals surface area contributed by atoms with Gasteiger partial charge < -0.3 is 4.74 Å². The van der Waals surface area contributed by atoms with Crippen molar-refractivity contribution in [1.82, 2.24) is 20.0 Å². The molecular weight excluding hydrogens is 432 g/mol. The molecule has 1 aromatic carbocycles. The van der Waals surface area contributed by atoms with Crippen molar-refractivity contribution in [2.45, 2.75) is 13.8 Å². The number of halogens is 1. The molecule has 0 unspecified atom stereocenters. The molecule has 9 heteroatoms. The van der Waals surface area contributed by atoms with Crippen LogP contribution in [0.3, 0.4) is 0 Å². The first kappa shape index (κ1) is 17.7. The molecule has 4 aromatic rings. The first-order chi connectivity index (χ1) is 12.9. The summed E-state index contributed by atoms with van der Waals surface area (Å²) >= 11 is 4.80. The van der Waals surface area contributed by atoms with Gasteiger partial charge in [0, 0.05) is 9.86 Å². The molecule has 0 saturated heterocycles. The quantitative estimate of drug-likeness (QED) is 0.439. The lowest BCUT2D eigenvalue weighted by Gasteiger charge is -2.08. The van der Waals surface area contributed by atoms with E-state index in [1.807, 2.05) is 13.8 Å². The highest BCUT2D eigenvalue weighted by atomic mass is 79.9. The molecule has 136 valence electrons. The van der Waals surface area contributed by atoms with E-state index in [0.29, 0.717) is 15.9 Å². The highest BCUT2D eigenvalue weighted by Crippen LogP contribution is 2.35. The number of nitrogens with zero attached hydrogens (tertiary/aromatic N) is 4. The highest BCUT2D eigenvalue weighted by molar-refractivity contribution is 9.10. The van der Waals surface area contributed by atoms with Gasteiger partial charge in [0.05, 0.1) is 24.1 Å². The Hall–Kier alpha value is -2.65. The number of para-hydroxylation sites is 1. The molecule has 3 aromatic heterocycles. The number of aromatic nitrogens is 4. The van der Waals surface area contributed by atoms with Crippen LogP contribution in [0.15, 0.2) is 33.5 Å². The van der Waals surface area contributed by atoms with E-state index < -0.39 is 5.97 Å². The van der Waals surface area contributed by atoms with Crippen molar-refractivity contribution < 1.29 is 9.53 Å². The smallest absolute Gasteiger partial charge is 0.340 e. The first-order valence-corrected chi connectivity index (χ1v) is 9.57. The minimum absolute atomic E-state index is 0.241. The van der Waals surface area contributed by atoms with Gasteiger partial charge in [-0.25, -0.2) is 9.78 Å². The third-order valence-corrected chi connectivity index (χ3v) is 6.54. The Balaban J connectivity index is 2.06. The van der Waals surface area contributed by atoms with Crippen LogP contribution < -0.4 is 5.56 Å². The topological polar surface area (TPSA) is 87.0 Å². The van der Waals surface area contributed by atoms with E-state index >= 15 is 0 Å². The van der Waals surface area contributed by atoms with E-state index in [0.717, 1.165) is 30.6 Å². The van der Waals surface area contributed by atoms with Gasteiger partial charge in [0.1, 0.15) is 15.0 Å². The number of aryl methyl sites for hydroxylation is 2. The van der Waals surface area contributed by atoms with Gasteiger partial charge >= 0.3 is 5.97 Å². The van der Waals surface area contributed by atoms with Crippen LogP contribution >= 0.6 is 27.3 Å². The van der Waals surface area contributed by atoms with E-state index in [2.05, 4.69) is 31.2 Å². The second-order valence-corrected chi connectivity index (χ2v) is 7.70. The predicted molar refractivity (Wildman–Crippen MR) is 107 cm³/mol. The average molecular weight is 445 g/mol. The fourth-order valence-corrected chi connectivity index (χ4v) is 4.40. The molecule has 0 aliphatic heterocycles. The third kappa shape index (κ3) is 2.65. The molecular formula is C18H13BrN4O3S. The zero-order chi connectivity index (χ0) is 19.3. The van der Waals surface area contributed by atoms with E-state index in [1.54, 1.807) is 24.3 Å². The molecule has 0 spiro atoms. The number of benzene rings is 1. The summed E-state index contributed by atoms with van der Waals surface area (Å²) < 4.78 is 7.25. The van der Waals surface area contributed by atoms with Crippen LogP contribution in [0.5, 0.6) is 0 Å². The Morgan fingerprint density at radius 1 is 1.26 bits per heavy atom. The Morgan fingerprint density at radius 2 is 2.00 bits per heavy atom. The maximum atomic E-state index is 13.1.